The zero-order chi connectivity index (χ0) is 17.2. The topological polar surface area (TPSA) is 85.9 Å². The van der Waals surface area contributed by atoms with Crippen LogP contribution >= 0.6 is 0 Å². The average Bonchev–Trinajstić information content (AvgIpc) is 3.30. The lowest BCUT2D eigenvalue weighted by Crippen LogP contribution is -2.42. The molecular weight excluding hydrogens is 320 g/mol. The second-order valence-electron chi connectivity index (χ2n) is 6.18. The van der Waals surface area contributed by atoms with Gasteiger partial charge in [0.25, 0.3) is 5.56 Å². The van der Waals surface area contributed by atoms with Crippen molar-refractivity contribution in [1.29, 1.82) is 0 Å². The highest BCUT2D eigenvalue weighted by Gasteiger charge is 2.29. The number of likely N-dealkylation sites (tertiary alicyclic amines) is 1. The molecule has 3 heterocycles. The third-order valence-electron chi connectivity index (χ3n) is 4.57. The first-order valence-corrected chi connectivity index (χ1v) is 8.32. The van der Waals surface area contributed by atoms with E-state index in [0.29, 0.717) is 24.0 Å². The van der Waals surface area contributed by atoms with Crippen LogP contribution in [-0.4, -0.2) is 48.2 Å². The van der Waals surface area contributed by atoms with Gasteiger partial charge in [0.15, 0.2) is 0 Å². The summed E-state index contributed by atoms with van der Waals surface area (Å²) in [7, 11) is 0. The lowest BCUT2D eigenvalue weighted by Gasteiger charge is -2.24. The molecule has 0 N–H and O–H groups in total. The van der Waals surface area contributed by atoms with Crippen LogP contribution in [-0.2, 0) is 17.9 Å². The summed E-state index contributed by atoms with van der Waals surface area (Å²) in [5.41, 5.74) is 0.246. The summed E-state index contributed by atoms with van der Waals surface area (Å²) in [6.45, 7) is 1.27. The van der Waals surface area contributed by atoms with Crippen LogP contribution in [0.25, 0.3) is 10.9 Å². The van der Waals surface area contributed by atoms with Crippen molar-refractivity contribution in [3.8, 4) is 0 Å². The van der Waals surface area contributed by atoms with E-state index in [1.165, 1.54) is 0 Å². The van der Waals surface area contributed by atoms with Gasteiger partial charge in [0, 0.05) is 18.9 Å². The van der Waals surface area contributed by atoms with Crippen molar-refractivity contribution in [2.45, 2.75) is 32.0 Å². The fourth-order valence-corrected chi connectivity index (χ4v) is 3.32. The van der Waals surface area contributed by atoms with Crippen molar-refractivity contribution in [1.82, 2.24) is 29.7 Å². The molecule has 1 aliphatic heterocycles. The van der Waals surface area contributed by atoms with Gasteiger partial charge < -0.3 is 4.90 Å². The predicted molar refractivity (Wildman–Crippen MR) is 90.8 cm³/mol. The van der Waals surface area contributed by atoms with Gasteiger partial charge in [-0.05, 0) is 31.0 Å². The van der Waals surface area contributed by atoms with Crippen LogP contribution in [0.3, 0.4) is 0 Å². The Balaban J connectivity index is 1.53. The van der Waals surface area contributed by atoms with E-state index in [-0.39, 0.29) is 24.1 Å². The van der Waals surface area contributed by atoms with Gasteiger partial charge in [-0.1, -0.05) is 17.3 Å². The Morgan fingerprint density at radius 3 is 2.96 bits per heavy atom. The third kappa shape index (κ3) is 3.02. The number of hydrogen-bond acceptors (Lipinski definition) is 5. The van der Waals surface area contributed by atoms with Gasteiger partial charge in [0.05, 0.1) is 18.0 Å². The number of fused-ring (bicyclic) bond motifs is 1. The van der Waals surface area contributed by atoms with Crippen LogP contribution in [0, 0.1) is 0 Å². The first-order chi connectivity index (χ1) is 12.2. The Morgan fingerprint density at radius 2 is 2.12 bits per heavy atom. The summed E-state index contributed by atoms with van der Waals surface area (Å²) < 4.78 is 2.98. The summed E-state index contributed by atoms with van der Waals surface area (Å²) in [5.74, 6) is -0.110. The fraction of sp³-hybridized carbons (Fsp3) is 0.353. The van der Waals surface area contributed by atoms with Crippen LogP contribution in [0.4, 0.5) is 0 Å². The Kier molecular flexibility index (Phi) is 4.01. The van der Waals surface area contributed by atoms with Gasteiger partial charge in [-0.3, -0.25) is 14.3 Å². The summed E-state index contributed by atoms with van der Waals surface area (Å²) in [5, 5.41) is 12.6. The number of benzene rings is 1. The average molecular weight is 338 g/mol. The van der Waals surface area contributed by atoms with E-state index in [1.54, 1.807) is 30.5 Å². The first-order valence-electron chi connectivity index (χ1n) is 8.32. The van der Waals surface area contributed by atoms with E-state index in [1.807, 2.05) is 21.8 Å². The molecule has 0 saturated carbocycles. The summed E-state index contributed by atoms with van der Waals surface area (Å²) in [6, 6.07) is 8.97. The molecule has 0 spiro atoms. The van der Waals surface area contributed by atoms with E-state index < -0.39 is 0 Å². The van der Waals surface area contributed by atoms with Gasteiger partial charge in [0.1, 0.15) is 12.1 Å². The summed E-state index contributed by atoms with van der Waals surface area (Å²) >= 11 is 0. The molecule has 8 heteroatoms. The molecule has 4 rings (SSSR count). The SMILES string of the molecule is O=C(Cn1nnc2ccccc2c1=O)N1CCC[C@@H]1Cn1cccn1. The summed E-state index contributed by atoms with van der Waals surface area (Å²) in [6.07, 6.45) is 5.51. The minimum atomic E-state index is -0.290. The molecule has 1 aliphatic rings. The van der Waals surface area contributed by atoms with E-state index in [9.17, 15) is 9.59 Å². The molecule has 0 aliphatic carbocycles. The number of rotatable bonds is 4. The van der Waals surface area contributed by atoms with Crippen LogP contribution < -0.4 is 5.56 Å². The zero-order valence-electron chi connectivity index (χ0n) is 13.7. The number of nitrogens with zero attached hydrogens (tertiary/aromatic N) is 6. The molecule has 128 valence electrons. The van der Waals surface area contributed by atoms with Crippen molar-refractivity contribution in [2.24, 2.45) is 0 Å². The fourth-order valence-electron chi connectivity index (χ4n) is 3.32. The molecule has 1 saturated heterocycles. The molecule has 1 fully saturated rings. The Morgan fingerprint density at radius 1 is 1.24 bits per heavy atom. The Bertz CT molecular complexity index is 949. The molecule has 3 aromatic rings. The maximum Gasteiger partial charge on any atom is 0.278 e. The molecule has 0 radical (unpaired) electrons. The van der Waals surface area contributed by atoms with E-state index >= 15 is 0 Å². The van der Waals surface area contributed by atoms with Crippen LogP contribution in [0.5, 0.6) is 0 Å². The lowest BCUT2D eigenvalue weighted by molar-refractivity contribution is -0.133. The van der Waals surface area contributed by atoms with E-state index in [0.717, 1.165) is 17.5 Å². The highest BCUT2D eigenvalue weighted by Crippen LogP contribution is 2.19. The number of carbonyl (C=O) groups is 1. The maximum atomic E-state index is 12.7. The standard InChI is InChI=1S/C17H18N6O2/c24-16(22-10-3-5-13(22)11-21-9-4-8-18-21)12-23-17(25)14-6-1-2-7-15(14)19-20-23/h1-2,4,6-9,13H,3,5,10-12H2/t13-/m1/s1. The van der Waals surface area contributed by atoms with Gasteiger partial charge in [0.2, 0.25) is 5.91 Å². The molecular formula is C17H18N6O2. The number of amides is 1. The van der Waals surface area contributed by atoms with Crippen molar-refractivity contribution in [3.63, 3.8) is 0 Å². The second-order valence-corrected chi connectivity index (χ2v) is 6.18. The lowest BCUT2D eigenvalue weighted by atomic mass is 10.2. The Labute approximate surface area is 143 Å². The number of aromatic nitrogens is 5. The molecule has 8 nitrogen and oxygen atoms in total. The van der Waals surface area contributed by atoms with Crippen LogP contribution in [0.15, 0.2) is 47.5 Å². The van der Waals surface area contributed by atoms with Crippen LogP contribution in [0.2, 0.25) is 0 Å². The minimum Gasteiger partial charge on any atom is -0.336 e. The monoisotopic (exact) mass is 338 g/mol. The second kappa shape index (κ2) is 6.46. The highest BCUT2D eigenvalue weighted by molar-refractivity contribution is 5.78. The van der Waals surface area contributed by atoms with E-state index in [4.69, 9.17) is 0 Å². The van der Waals surface area contributed by atoms with Gasteiger partial charge in [-0.2, -0.15) is 5.10 Å². The molecule has 1 atom stereocenters. The van der Waals surface area contributed by atoms with Gasteiger partial charge >= 0.3 is 0 Å². The molecule has 0 unspecified atom stereocenters. The summed E-state index contributed by atoms with van der Waals surface area (Å²) in [4.78, 5) is 27.0. The number of hydrogen-bond donors (Lipinski definition) is 0. The normalized spacial score (nSPS) is 17.3. The predicted octanol–water partition coefficient (Wildman–Crippen LogP) is 0.679. The van der Waals surface area contributed by atoms with Gasteiger partial charge in [-0.25, -0.2) is 4.68 Å². The van der Waals surface area contributed by atoms with Crippen molar-refractivity contribution >= 4 is 16.8 Å². The molecule has 1 amide bonds. The molecule has 0 bridgehead atoms. The highest BCUT2D eigenvalue weighted by atomic mass is 16.2. The van der Waals surface area contributed by atoms with Crippen molar-refractivity contribution in [3.05, 3.63) is 53.1 Å². The number of carbonyl (C=O) groups excluding carboxylic acids is 1. The van der Waals surface area contributed by atoms with Gasteiger partial charge in [-0.15, -0.1) is 5.10 Å². The zero-order valence-corrected chi connectivity index (χ0v) is 13.7. The molecule has 25 heavy (non-hydrogen) atoms. The largest absolute Gasteiger partial charge is 0.336 e. The van der Waals surface area contributed by atoms with Crippen molar-refractivity contribution < 1.29 is 4.79 Å². The third-order valence-corrected chi connectivity index (χ3v) is 4.57. The molecule has 1 aromatic carbocycles. The van der Waals surface area contributed by atoms with Crippen molar-refractivity contribution in [2.75, 3.05) is 6.54 Å². The first kappa shape index (κ1) is 15.5. The molecule has 2 aromatic heterocycles. The van der Waals surface area contributed by atoms with E-state index in [2.05, 4.69) is 15.4 Å². The smallest absolute Gasteiger partial charge is 0.278 e. The van der Waals surface area contributed by atoms with Crippen LogP contribution in [0.1, 0.15) is 12.8 Å². The maximum absolute atomic E-state index is 12.7. The quantitative estimate of drug-likeness (QED) is 0.698. The Hall–Kier alpha value is -3.03. The minimum absolute atomic E-state index is 0.0910.